The minimum Gasteiger partial charge on any atom is -0.353 e. The monoisotopic (exact) mass is 367 g/mol. The van der Waals surface area contributed by atoms with Crippen molar-refractivity contribution in [3.8, 4) is 0 Å². The molecule has 2 heterocycles. The van der Waals surface area contributed by atoms with Crippen molar-refractivity contribution in [2.75, 3.05) is 45.2 Å². The van der Waals surface area contributed by atoms with E-state index in [1.807, 2.05) is 11.8 Å². The molecule has 1 aromatic heterocycles. The van der Waals surface area contributed by atoms with Crippen molar-refractivity contribution in [1.82, 2.24) is 19.8 Å². The number of piperazine rings is 1. The van der Waals surface area contributed by atoms with E-state index in [9.17, 15) is 4.79 Å². The molecule has 0 spiro atoms. The molecule has 0 N–H and O–H groups in total. The number of aromatic nitrogens is 2. The van der Waals surface area contributed by atoms with Crippen molar-refractivity contribution in [2.45, 2.75) is 27.2 Å². The maximum absolute atomic E-state index is 12.2. The number of rotatable bonds is 3. The smallest absolute Gasteiger partial charge is 0.319 e. The van der Waals surface area contributed by atoms with Gasteiger partial charge in [0, 0.05) is 58.0 Å². The number of urea groups is 1. The van der Waals surface area contributed by atoms with Gasteiger partial charge in [0.25, 0.3) is 0 Å². The molecule has 0 atom stereocenters. The van der Waals surface area contributed by atoms with Crippen molar-refractivity contribution in [2.24, 2.45) is 0 Å². The first kappa shape index (κ1) is 19.1. The third-order valence-corrected chi connectivity index (χ3v) is 5.00. The highest BCUT2D eigenvalue weighted by atomic mass is 16.2. The van der Waals surface area contributed by atoms with Crippen LogP contribution in [0.25, 0.3) is 0 Å². The van der Waals surface area contributed by atoms with Gasteiger partial charge in [-0.05, 0) is 26.3 Å². The maximum atomic E-state index is 12.2. The largest absolute Gasteiger partial charge is 0.353 e. The highest BCUT2D eigenvalue weighted by Crippen LogP contribution is 2.25. The summed E-state index contributed by atoms with van der Waals surface area (Å²) in [7, 11) is 3.59. The number of hydrogen-bond donors (Lipinski definition) is 0. The molecule has 1 aromatic carbocycles. The lowest BCUT2D eigenvalue weighted by atomic mass is 10.0. The lowest BCUT2D eigenvalue weighted by Gasteiger charge is -2.37. The molecule has 2 amide bonds. The van der Waals surface area contributed by atoms with Crippen LogP contribution in [0.2, 0.25) is 0 Å². The lowest BCUT2D eigenvalue weighted by molar-refractivity contribution is 0.168. The van der Waals surface area contributed by atoms with E-state index in [2.05, 4.69) is 48.0 Å². The molecule has 144 valence electrons. The summed E-state index contributed by atoms with van der Waals surface area (Å²) in [5.74, 6) is 1.81. The van der Waals surface area contributed by atoms with Crippen LogP contribution in [0.5, 0.6) is 0 Å². The molecular weight excluding hydrogens is 338 g/mol. The number of carbonyl (C=O) groups is 1. The van der Waals surface area contributed by atoms with Gasteiger partial charge in [0.2, 0.25) is 0 Å². The zero-order chi connectivity index (χ0) is 19.6. The Morgan fingerprint density at radius 1 is 1.07 bits per heavy atom. The van der Waals surface area contributed by atoms with Gasteiger partial charge in [0.05, 0.1) is 0 Å². The zero-order valence-corrected chi connectivity index (χ0v) is 17.0. The number of aryl methyl sites for hydroxylation is 3. The second-order valence-corrected chi connectivity index (χ2v) is 7.48. The Morgan fingerprint density at radius 2 is 1.78 bits per heavy atom. The first-order valence-electron chi connectivity index (χ1n) is 9.46. The normalized spacial score (nSPS) is 14.4. The van der Waals surface area contributed by atoms with Gasteiger partial charge in [-0.25, -0.2) is 14.8 Å². The van der Waals surface area contributed by atoms with E-state index in [0.29, 0.717) is 13.1 Å². The number of amides is 2. The van der Waals surface area contributed by atoms with E-state index in [0.717, 1.165) is 36.8 Å². The average Bonchev–Trinajstić information content (AvgIpc) is 2.63. The highest BCUT2D eigenvalue weighted by Gasteiger charge is 2.25. The summed E-state index contributed by atoms with van der Waals surface area (Å²) in [6.07, 6.45) is 0.819. The molecular formula is C21H29N5O. The van der Waals surface area contributed by atoms with Crippen LogP contribution in [-0.2, 0) is 6.42 Å². The molecule has 1 aliphatic heterocycles. The van der Waals surface area contributed by atoms with Crippen LogP contribution < -0.4 is 4.90 Å². The van der Waals surface area contributed by atoms with Crippen molar-refractivity contribution in [3.63, 3.8) is 0 Å². The van der Waals surface area contributed by atoms with Crippen LogP contribution in [0.3, 0.4) is 0 Å². The Balaban J connectivity index is 1.84. The third-order valence-electron chi connectivity index (χ3n) is 5.00. The van der Waals surface area contributed by atoms with E-state index in [-0.39, 0.29) is 6.03 Å². The summed E-state index contributed by atoms with van der Waals surface area (Å²) >= 11 is 0. The summed E-state index contributed by atoms with van der Waals surface area (Å²) in [6, 6.07) is 8.66. The summed E-state index contributed by atoms with van der Waals surface area (Å²) in [5, 5.41) is 0. The van der Waals surface area contributed by atoms with Crippen molar-refractivity contribution >= 4 is 11.8 Å². The molecule has 6 heteroatoms. The standard InChI is InChI=1S/C21H29N5O/c1-15-7-6-8-18(13-15)14-19-16(2)22-17(3)23-20(19)25-9-11-26(12-10-25)21(27)24(4)5/h6-8,13H,9-12,14H2,1-5H3. The first-order valence-corrected chi connectivity index (χ1v) is 9.46. The van der Waals surface area contributed by atoms with Gasteiger partial charge < -0.3 is 14.7 Å². The van der Waals surface area contributed by atoms with Gasteiger partial charge in [-0.15, -0.1) is 0 Å². The minimum atomic E-state index is 0.0738. The number of nitrogens with zero attached hydrogens (tertiary/aromatic N) is 5. The van der Waals surface area contributed by atoms with E-state index in [1.165, 1.54) is 16.7 Å². The molecule has 1 fully saturated rings. The molecule has 0 bridgehead atoms. The van der Waals surface area contributed by atoms with Crippen molar-refractivity contribution < 1.29 is 4.79 Å². The number of benzene rings is 1. The molecule has 0 radical (unpaired) electrons. The van der Waals surface area contributed by atoms with E-state index >= 15 is 0 Å². The average molecular weight is 367 g/mol. The van der Waals surface area contributed by atoms with Crippen LogP contribution >= 0.6 is 0 Å². The lowest BCUT2D eigenvalue weighted by Crippen LogP contribution is -2.52. The quantitative estimate of drug-likeness (QED) is 0.837. The second-order valence-electron chi connectivity index (χ2n) is 7.48. The number of carbonyl (C=O) groups excluding carboxylic acids is 1. The summed E-state index contributed by atoms with van der Waals surface area (Å²) in [6.45, 7) is 9.12. The van der Waals surface area contributed by atoms with Gasteiger partial charge in [0.15, 0.2) is 0 Å². The topological polar surface area (TPSA) is 52.6 Å². The Labute approximate surface area is 161 Å². The maximum Gasteiger partial charge on any atom is 0.319 e. The van der Waals surface area contributed by atoms with Crippen LogP contribution in [0.4, 0.5) is 10.6 Å². The van der Waals surface area contributed by atoms with Gasteiger partial charge in [-0.1, -0.05) is 29.8 Å². The Bertz CT molecular complexity index is 825. The Hall–Kier alpha value is -2.63. The van der Waals surface area contributed by atoms with E-state index < -0.39 is 0 Å². The number of hydrogen-bond acceptors (Lipinski definition) is 4. The second kappa shape index (κ2) is 7.94. The molecule has 27 heavy (non-hydrogen) atoms. The van der Waals surface area contributed by atoms with Crippen molar-refractivity contribution in [1.29, 1.82) is 0 Å². The Morgan fingerprint density at radius 3 is 2.41 bits per heavy atom. The summed E-state index contributed by atoms with van der Waals surface area (Å²) in [5.41, 5.74) is 4.74. The molecule has 3 rings (SSSR count). The fraction of sp³-hybridized carbons (Fsp3) is 0.476. The predicted molar refractivity (Wildman–Crippen MR) is 108 cm³/mol. The molecule has 0 saturated carbocycles. The van der Waals surface area contributed by atoms with E-state index in [4.69, 9.17) is 4.98 Å². The third kappa shape index (κ3) is 4.38. The minimum absolute atomic E-state index is 0.0738. The SMILES string of the molecule is Cc1cccc(Cc2c(C)nc(C)nc2N2CCN(C(=O)N(C)C)CC2)c1. The van der Waals surface area contributed by atoms with Crippen LogP contribution in [-0.4, -0.2) is 66.1 Å². The predicted octanol–water partition coefficient (Wildman–Crippen LogP) is 2.80. The van der Waals surface area contributed by atoms with E-state index in [1.54, 1.807) is 19.0 Å². The van der Waals surface area contributed by atoms with Gasteiger partial charge in [-0.2, -0.15) is 0 Å². The number of anilines is 1. The Kier molecular flexibility index (Phi) is 5.63. The first-order chi connectivity index (χ1) is 12.8. The fourth-order valence-corrected chi connectivity index (χ4v) is 3.60. The van der Waals surface area contributed by atoms with Gasteiger partial charge in [-0.3, -0.25) is 0 Å². The zero-order valence-electron chi connectivity index (χ0n) is 17.0. The molecule has 0 aliphatic carbocycles. The van der Waals surface area contributed by atoms with Crippen LogP contribution in [0.1, 0.15) is 28.2 Å². The molecule has 2 aromatic rings. The fourth-order valence-electron chi connectivity index (χ4n) is 3.60. The molecule has 0 unspecified atom stereocenters. The molecule has 1 saturated heterocycles. The summed E-state index contributed by atoms with van der Waals surface area (Å²) in [4.78, 5) is 27.4. The highest BCUT2D eigenvalue weighted by molar-refractivity contribution is 5.74. The van der Waals surface area contributed by atoms with Crippen LogP contribution in [0, 0.1) is 20.8 Å². The van der Waals surface area contributed by atoms with Crippen molar-refractivity contribution in [3.05, 3.63) is 52.5 Å². The van der Waals surface area contributed by atoms with Gasteiger partial charge >= 0.3 is 6.03 Å². The summed E-state index contributed by atoms with van der Waals surface area (Å²) < 4.78 is 0. The van der Waals surface area contributed by atoms with Crippen LogP contribution in [0.15, 0.2) is 24.3 Å². The van der Waals surface area contributed by atoms with Gasteiger partial charge in [0.1, 0.15) is 11.6 Å². The molecule has 6 nitrogen and oxygen atoms in total. The molecule has 1 aliphatic rings.